The molecule has 11 heteroatoms. The number of aromatic nitrogens is 1. The van der Waals surface area contributed by atoms with Gasteiger partial charge in [0, 0.05) is 6.07 Å². The van der Waals surface area contributed by atoms with E-state index >= 15 is 0 Å². The second-order valence-corrected chi connectivity index (χ2v) is 7.00. The second-order valence-electron chi connectivity index (χ2n) is 5.55. The third kappa shape index (κ3) is 5.05. The van der Waals surface area contributed by atoms with Crippen LogP contribution in [0.15, 0.2) is 24.5 Å². The molecule has 0 aromatic carbocycles. The topological polar surface area (TPSA) is 152 Å². The molecule has 1 aromatic heterocycles. The minimum atomic E-state index is -4.26. The van der Waals surface area contributed by atoms with Gasteiger partial charge in [0.2, 0.25) is 0 Å². The van der Waals surface area contributed by atoms with Crippen LogP contribution in [0, 0.1) is 0 Å². The summed E-state index contributed by atoms with van der Waals surface area (Å²) in [6, 6.07) is 3.02. The minimum absolute atomic E-state index is 0.0445. The van der Waals surface area contributed by atoms with E-state index in [1.165, 1.54) is 29.1 Å². The average Bonchev–Trinajstić information content (AvgIpc) is 2.87. The standard InChI is InChI=1S/C14H21N2O8P/c1-2-6-22-25(20,21)23-8-10-11(17)12(18)14(24-10)16-5-3-4-9(7-16)13(15)19/h3-5,7,10-12,14,17-18H,2,6,8H2,1H3,(H2-,15,19,20,21)/p+1/t10-,11-,12-,14-/m1/s1. The first-order valence-corrected chi connectivity index (χ1v) is 9.19. The molecule has 1 aliphatic rings. The maximum atomic E-state index is 11.6. The van der Waals surface area contributed by atoms with Crippen molar-refractivity contribution in [2.24, 2.45) is 5.73 Å². The molecule has 25 heavy (non-hydrogen) atoms. The molecule has 1 fully saturated rings. The number of hydrogen-bond acceptors (Lipinski definition) is 7. The number of aliphatic hydroxyl groups excluding tert-OH is 2. The van der Waals surface area contributed by atoms with Crippen molar-refractivity contribution in [2.75, 3.05) is 13.2 Å². The second kappa shape index (κ2) is 8.33. The van der Waals surface area contributed by atoms with Crippen molar-refractivity contribution >= 4 is 13.7 Å². The molecule has 0 bridgehead atoms. The highest BCUT2D eigenvalue weighted by Crippen LogP contribution is 2.44. The van der Waals surface area contributed by atoms with Gasteiger partial charge in [-0.05, 0) is 12.5 Å². The lowest BCUT2D eigenvalue weighted by Gasteiger charge is -2.16. The zero-order chi connectivity index (χ0) is 18.6. The van der Waals surface area contributed by atoms with Crippen LogP contribution in [0.25, 0.3) is 0 Å². The van der Waals surface area contributed by atoms with Gasteiger partial charge in [0.1, 0.15) is 17.8 Å². The molecule has 5 N–H and O–H groups in total. The summed E-state index contributed by atoms with van der Waals surface area (Å²) in [5.41, 5.74) is 5.40. The summed E-state index contributed by atoms with van der Waals surface area (Å²) in [7, 11) is -4.26. The molecular weight excluding hydrogens is 355 g/mol. The summed E-state index contributed by atoms with van der Waals surface area (Å²) in [6.07, 6.45) is -1.35. The van der Waals surface area contributed by atoms with E-state index in [-0.39, 0.29) is 12.2 Å². The van der Waals surface area contributed by atoms with Gasteiger partial charge in [-0.1, -0.05) is 6.92 Å². The maximum Gasteiger partial charge on any atom is 0.472 e. The van der Waals surface area contributed by atoms with Crippen LogP contribution in [-0.4, -0.2) is 52.5 Å². The van der Waals surface area contributed by atoms with E-state index in [4.69, 9.17) is 15.0 Å². The van der Waals surface area contributed by atoms with Gasteiger partial charge in [0.15, 0.2) is 18.5 Å². The molecule has 5 atom stereocenters. The fraction of sp³-hybridized carbons (Fsp3) is 0.571. The van der Waals surface area contributed by atoms with E-state index in [0.717, 1.165) is 0 Å². The van der Waals surface area contributed by atoms with E-state index in [1.807, 2.05) is 0 Å². The van der Waals surface area contributed by atoms with Crippen molar-refractivity contribution in [3.63, 3.8) is 0 Å². The Labute approximate surface area is 144 Å². The van der Waals surface area contributed by atoms with Gasteiger partial charge < -0.3 is 25.6 Å². The summed E-state index contributed by atoms with van der Waals surface area (Å²) in [5, 5.41) is 20.2. The highest BCUT2D eigenvalue weighted by Gasteiger charge is 2.49. The highest BCUT2D eigenvalue weighted by molar-refractivity contribution is 7.47. The first kappa shape index (κ1) is 19.9. The predicted octanol–water partition coefficient (Wildman–Crippen LogP) is -0.764. The van der Waals surface area contributed by atoms with Crippen molar-refractivity contribution in [2.45, 2.75) is 37.9 Å². The molecule has 1 saturated heterocycles. The molecule has 1 aromatic rings. The van der Waals surface area contributed by atoms with Crippen molar-refractivity contribution < 1.29 is 42.8 Å². The molecule has 1 aliphatic heterocycles. The maximum absolute atomic E-state index is 11.6. The Hall–Kier alpha value is -1.39. The Kier molecular flexibility index (Phi) is 6.64. The molecule has 1 amide bonds. The zero-order valence-electron chi connectivity index (χ0n) is 13.6. The Morgan fingerprint density at radius 3 is 2.76 bits per heavy atom. The van der Waals surface area contributed by atoms with Gasteiger partial charge in [-0.3, -0.25) is 13.8 Å². The number of phosphoric ester groups is 1. The van der Waals surface area contributed by atoms with Gasteiger partial charge in [-0.25, -0.2) is 4.57 Å². The summed E-state index contributed by atoms with van der Waals surface area (Å²) >= 11 is 0. The smallest absolute Gasteiger partial charge is 0.387 e. The number of pyridine rings is 1. The summed E-state index contributed by atoms with van der Waals surface area (Å²) in [5.74, 6) is -0.656. The van der Waals surface area contributed by atoms with E-state index in [0.29, 0.717) is 6.42 Å². The van der Waals surface area contributed by atoms with E-state index in [2.05, 4.69) is 4.52 Å². The molecule has 1 unspecified atom stereocenters. The molecule has 2 heterocycles. The largest absolute Gasteiger partial charge is 0.472 e. The van der Waals surface area contributed by atoms with Crippen LogP contribution in [0.3, 0.4) is 0 Å². The molecular formula is C14H22N2O8P+. The number of nitrogens with two attached hydrogens (primary N) is 1. The van der Waals surface area contributed by atoms with Gasteiger partial charge >= 0.3 is 7.82 Å². The van der Waals surface area contributed by atoms with Crippen LogP contribution in [0.1, 0.15) is 29.9 Å². The fourth-order valence-electron chi connectivity index (χ4n) is 2.32. The molecule has 10 nitrogen and oxygen atoms in total. The Bertz CT molecular complexity index is 657. The van der Waals surface area contributed by atoms with Crippen LogP contribution < -0.4 is 10.3 Å². The lowest BCUT2D eigenvalue weighted by Crippen LogP contribution is -2.46. The number of ether oxygens (including phenoxy) is 1. The molecule has 0 aliphatic carbocycles. The predicted molar refractivity (Wildman–Crippen MR) is 83.1 cm³/mol. The monoisotopic (exact) mass is 377 g/mol. The van der Waals surface area contributed by atoms with Crippen molar-refractivity contribution in [3.8, 4) is 0 Å². The zero-order valence-corrected chi connectivity index (χ0v) is 14.5. The Morgan fingerprint density at radius 1 is 1.40 bits per heavy atom. The molecule has 140 valence electrons. The van der Waals surface area contributed by atoms with Crippen molar-refractivity contribution in [3.05, 3.63) is 30.1 Å². The number of aliphatic hydroxyl groups is 2. The quantitative estimate of drug-likeness (QED) is 0.341. The van der Waals surface area contributed by atoms with E-state index < -0.39 is 44.9 Å². The number of carbonyl (C=O) groups is 1. The number of hydrogen-bond donors (Lipinski definition) is 4. The first-order chi connectivity index (χ1) is 11.7. The highest BCUT2D eigenvalue weighted by atomic mass is 31.2. The van der Waals surface area contributed by atoms with Crippen molar-refractivity contribution in [1.29, 1.82) is 0 Å². The number of rotatable bonds is 8. The number of amides is 1. The summed E-state index contributed by atoms with van der Waals surface area (Å²) < 4.78 is 28.0. The Morgan fingerprint density at radius 2 is 2.12 bits per heavy atom. The molecule has 0 spiro atoms. The van der Waals surface area contributed by atoms with Gasteiger partial charge in [0.05, 0.1) is 13.2 Å². The fourth-order valence-corrected chi connectivity index (χ4v) is 3.14. The minimum Gasteiger partial charge on any atom is -0.387 e. The normalized spacial score (nSPS) is 28.6. The van der Waals surface area contributed by atoms with Crippen molar-refractivity contribution in [1.82, 2.24) is 0 Å². The number of nitrogens with zero attached hydrogens (tertiary/aromatic N) is 1. The average molecular weight is 377 g/mol. The van der Waals surface area contributed by atoms with Crippen LogP contribution in [0.5, 0.6) is 0 Å². The Balaban J connectivity index is 2.04. The number of primary amides is 1. The third-order valence-electron chi connectivity index (χ3n) is 3.60. The van der Waals surface area contributed by atoms with Gasteiger partial charge in [-0.15, -0.1) is 0 Å². The summed E-state index contributed by atoms with van der Waals surface area (Å²) in [6.45, 7) is 1.35. The molecule has 0 radical (unpaired) electrons. The van der Waals surface area contributed by atoms with Crippen LogP contribution in [0.4, 0.5) is 0 Å². The van der Waals surface area contributed by atoms with Gasteiger partial charge in [-0.2, -0.15) is 4.57 Å². The van der Waals surface area contributed by atoms with E-state index in [1.54, 1.807) is 6.92 Å². The number of phosphoric acid groups is 1. The van der Waals surface area contributed by atoms with Gasteiger partial charge in [0.25, 0.3) is 12.1 Å². The van der Waals surface area contributed by atoms with E-state index in [9.17, 15) is 24.5 Å². The SMILES string of the molecule is CCCOP(=O)(O)OC[C@H]1O[C@@H]([n+]2cccc(C(N)=O)c2)[C@H](O)[C@@H]1O. The molecule has 2 rings (SSSR count). The van der Waals surface area contributed by atoms with Crippen LogP contribution in [0.2, 0.25) is 0 Å². The lowest BCUT2D eigenvalue weighted by molar-refractivity contribution is -0.765. The first-order valence-electron chi connectivity index (χ1n) is 7.69. The number of carbonyl (C=O) groups excluding carboxylic acids is 1. The van der Waals surface area contributed by atoms with Crippen LogP contribution in [-0.2, 0) is 18.3 Å². The molecule has 0 saturated carbocycles. The lowest BCUT2D eigenvalue weighted by atomic mass is 10.1. The third-order valence-corrected chi connectivity index (χ3v) is 4.58. The van der Waals surface area contributed by atoms with Crippen LogP contribution >= 0.6 is 7.82 Å². The summed E-state index contributed by atoms with van der Waals surface area (Å²) in [4.78, 5) is 20.7.